The number of aliphatic hydroxyl groups excluding tert-OH is 1. The lowest BCUT2D eigenvalue weighted by molar-refractivity contribution is 0.344. The van der Waals surface area contributed by atoms with E-state index in [1.165, 1.54) is 0 Å². The average Bonchev–Trinajstić information content (AvgIpc) is 2.51. The van der Waals surface area contributed by atoms with E-state index in [2.05, 4.69) is 21.8 Å². The molecule has 0 bridgehead atoms. The predicted molar refractivity (Wildman–Crippen MR) is 83.4 cm³/mol. The third-order valence-electron chi connectivity index (χ3n) is 2.52. The van der Waals surface area contributed by atoms with E-state index in [9.17, 15) is 0 Å². The van der Waals surface area contributed by atoms with Gasteiger partial charge >= 0.3 is 0 Å². The SMILES string of the molecule is Cc1ccnc(SCCOc2ccc(C#CCO)cc2)n1. The molecular weight excluding hydrogens is 284 g/mol. The molecule has 0 spiro atoms. The van der Waals surface area contributed by atoms with Crippen LogP contribution in [0.3, 0.4) is 0 Å². The molecule has 4 nitrogen and oxygen atoms in total. The lowest BCUT2D eigenvalue weighted by Gasteiger charge is -2.05. The molecule has 0 atom stereocenters. The van der Waals surface area contributed by atoms with E-state index in [-0.39, 0.29) is 6.61 Å². The van der Waals surface area contributed by atoms with Crippen LogP contribution in [-0.4, -0.2) is 34.0 Å². The van der Waals surface area contributed by atoms with Gasteiger partial charge in [0.05, 0.1) is 6.61 Å². The van der Waals surface area contributed by atoms with Crippen molar-refractivity contribution >= 4 is 11.8 Å². The Bertz CT molecular complexity index is 633. The number of benzene rings is 1. The molecule has 0 aliphatic carbocycles. The van der Waals surface area contributed by atoms with Gasteiger partial charge in [0.15, 0.2) is 5.16 Å². The Hall–Kier alpha value is -2.03. The molecule has 0 unspecified atom stereocenters. The van der Waals surface area contributed by atoms with E-state index < -0.39 is 0 Å². The molecule has 5 heteroatoms. The third-order valence-corrected chi connectivity index (χ3v) is 3.35. The maximum absolute atomic E-state index is 8.63. The first kappa shape index (κ1) is 15.4. The largest absolute Gasteiger partial charge is 0.493 e. The fraction of sp³-hybridized carbons (Fsp3) is 0.250. The van der Waals surface area contributed by atoms with Crippen LogP contribution in [0.4, 0.5) is 0 Å². The van der Waals surface area contributed by atoms with Crippen LogP contribution >= 0.6 is 11.8 Å². The van der Waals surface area contributed by atoms with Gasteiger partial charge in [0.25, 0.3) is 0 Å². The Morgan fingerprint density at radius 1 is 1.24 bits per heavy atom. The number of aromatic nitrogens is 2. The van der Waals surface area contributed by atoms with Gasteiger partial charge in [-0.05, 0) is 37.3 Å². The number of rotatable bonds is 5. The minimum absolute atomic E-state index is 0.128. The zero-order valence-electron chi connectivity index (χ0n) is 11.7. The van der Waals surface area contributed by atoms with Crippen LogP contribution in [0.15, 0.2) is 41.7 Å². The summed E-state index contributed by atoms with van der Waals surface area (Å²) >= 11 is 1.57. The van der Waals surface area contributed by atoms with Crippen LogP contribution in [-0.2, 0) is 0 Å². The van der Waals surface area contributed by atoms with Crippen molar-refractivity contribution < 1.29 is 9.84 Å². The van der Waals surface area contributed by atoms with Crippen molar-refractivity contribution in [3.8, 4) is 17.6 Å². The summed E-state index contributed by atoms with van der Waals surface area (Å²) in [5, 5.41) is 9.40. The molecule has 1 heterocycles. The maximum Gasteiger partial charge on any atom is 0.187 e. The van der Waals surface area contributed by atoms with E-state index in [1.54, 1.807) is 18.0 Å². The van der Waals surface area contributed by atoms with Crippen molar-refractivity contribution in [1.29, 1.82) is 0 Å². The van der Waals surface area contributed by atoms with Crippen LogP contribution in [0, 0.1) is 18.8 Å². The number of nitrogens with zero attached hydrogens (tertiary/aromatic N) is 2. The second-order valence-electron chi connectivity index (χ2n) is 4.16. The summed E-state index contributed by atoms with van der Waals surface area (Å²) in [5.74, 6) is 7.03. The van der Waals surface area contributed by atoms with Crippen LogP contribution in [0.5, 0.6) is 5.75 Å². The van der Waals surface area contributed by atoms with Crippen molar-refractivity contribution in [2.75, 3.05) is 19.0 Å². The highest BCUT2D eigenvalue weighted by Crippen LogP contribution is 2.15. The Kier molecular flexibility index (Phi) is 6.07. The molecule has 0 saturated heterocycles. The Morgan fingerprint density at radius 2 is 2.05 bits per heavy atom. The highest BCUT2D eigenvalue weighted by Gasteiger charge is 1.99. The van der Waals surface area contributed by atoms with Crippen molar-refractivity contribution in [2.24, 2.45) is 0 Å². The molecule has 2 aromatic rings. The highest BCUT2D eigenvalue weighted by atomic mass is 32.2. The Labute approximate surface area is 128 Å². The number of ether oxygens (including phenoxy) is 1. The number of hydrogen-bond donors (Lipinski definition) is 1. The molecule has 21 heavy (non-hydrogen) atoms. The second-order valence-corrected chi connectivity index (χ2v) is 5.22. The summed E-state index contributed by atoms with van der Waals surface area (Å²) < 4.78 is 5.64. The summed E-state index contributed by atoms with van der Waals surface area (Å²) in [4.78, 5) is 8.50. The molecule has 0 aliphatic heterocycles. The van der Waals surface area contributed by atoms with Crippen LogP contribution in [0.25, 0.3) is 0 Å². The van der Waals surface area contributed by atoms with Gasteiger partial charge < -0.3 is 9.84 Å². The summed E-state index contributed by atoms with van der Waals surface area (Å²) in [6, 6.07) is 9.36. The zero-order valence-corrected chi connectivity index (χ0v) is 12.6. The van der Waals surface area contributed by atoms with Crippen LogP contribution in [0.1, 0.15) is 11.3 Å². The standard InChI is InChI=1S/C16H16N2O2S/c1-13-8-9-17-16(18-13)21-12-11-20-15-6-4-14(5-7-15)3-2-10-19/h4-9,19H,10-12H2,1H3. The second kappa shape index (κ2) is 8.30. The summed E-state index contributed by atoms with van der Waals surface area (Å²) in [6.45, 7) is 2.41. The molecule has 2 rings (SSSR count). The van der Waals surface area contributed by atoms with Crippen LogP contribution < -0.4 is 4.74 Å². The summed E-state index contributed by atoms with van der Waals surface area (Å²) in [6.07, 6.45) is 1.76. The quantitative estimate of drug-likeness (QED) is 0.397. The zero-order chi connectivity index (χ0) is 14.9. The third kappa shape index (κ3) is 5.46. The molecule has 1 aromatic carbocycles. The van der Waals surface area contributed by atoms with E-state index in [0.29, 0.717) is 6.61 Å². The lowest BCUT2D eigenvalue weighted by Crippen LogP contribution is -2.01. The number of aliphatic hydroxyl groups is 1. The Balaban J connectivity index is 1.76. The van der Waals surface area contributed by atoms with Gasteiger partial charge in [0, 0.05) is 23.2 Å². The molecule has 0 aliphatic rings. The maximum atomic E-state index is 8.63. The first-order chi connectivity index (χ1) is 10.3. The van der Waals surface area contributed by atoms with Gasteiger partial charge in [-0.2, -0.15) is 0 Å². The molecular formula is C16H16N2O2S. The van der Waals surface area contributed by atoms with Crippen molar-refractivity contribution in [1.82, 2.24) is 9.97 Å². The first-order valence-corrected chi connectivity index (χ1v) is 7.51. The normalized spacial score (nSPS) is 9.81. The molecule has 1 N–H and O–H groups in total. The fourth-order valence-corrected chi connectivity index (χ4v) is 2.26. The topological polar surface area (TPSA) is 55.2 Å². The van der Waals surface area contributed by atoms with Gasteiger partial charge in [-0.3, -0.25) is 0 Å². The molecule has 0 saturated carbocycles. The summed E-state index contributed by atoms with van der Waals surface area (Å²) in [7, 11) is 0. The fourth-order valence-electron chi connectivity index (χ4n) is 1.56. The first-order valence-electron chi connectivity index (χ1n) is 6.53. The highest BCUT2D eigenvalue weighted by molar-refractivity contribution is 7.99. The minimum Gasteiger partial charge on any atom is -0.493 e. The molecule has 108 valence electrons. The van der Waals surface area contributed by atoms with Crippen molar-refractivity contribution in [3.63, 3.8) is 0 Å². The molecule has 0 amide bonds. The molecule has 1 aromatic heterocycles. The van der Waals surface area contributed by atoms with E-state index in [4.69, 9.17) is 9.84 Å². The van der Waals surface area contributed by atoms with E-state index in [1.807, 2.05) is 37.3 Å². The molecule has 0 radical (unpaired) electrons. The van der Waals surface area contributed by atoms with E-state index in [0.717, 1.165) is 27.9 Å². The van der Waals surface area contributed by atoms with Gasteiger partial charge in [0.2, 0.25) is 0 Å². The monoisotopic (exact) mass is 300 g/mol. The smallest absolute Gasteiger partial charge is 0.187 e. The van der Waals surface area contributed by atoms with Gasteiger partial charge in [-0.1, -0.05) is 23.6 Å². The lowest BCUT2D eigenvalue weighted by atomic mass is 10.2. The summed E-state index contributed by atoms with van der Waals surface area (Å²) in [5.41, 5.74) is 1.83. The average molecular weight is 300 g/mol. The van der Waals surface area contributed by atoms with E-state index >= 15 is 0 Å². The van der Waals surface area contributed by atoms with Crippen molar-refractivity contribution in [3.05, 3.63) is 47.8 Å². The van der Waals surface area contributed by atoms with Gasteiger partial charge in [-0.25, -0.2) is 9.97 Å². The molecule has 0 fully saturated rings. The predicted octanol–water partition coefficient (Wildman–Crippen LogP) is 2.30. The number of aryl methyl sites for hydroxylation is 1. The van der Waals surface area contributed by atoms with Gasteiger partial charge in [-0.15, -0.1) is 0 Å². The van der Waals surface area contributed by atoms with Crippen molar-refractivity contribution in [2.45, 2.75) is 12.1 Å². The van der Waals surface area contributed by atoms with Gasteiger partial charge in [0.1, 0.15) is 12.4 Å². The van der Waals surface area contributed by atoms with Crippen LogP contribution in [0.2, 0.25) is 0 Å². The number of hydrogen-bond acceptors (Lipinski definition) is 5. The number of thioether (sulfide) groups is 1. The minimum atomic E-state index is -0.128. The Morgan fingerprint density at radius 3 is 2.76 bits per heavy atom.